The minimum absolute atomic E-state index is 0.0248. The Kier molecular flexibility index (Phi) is 4.78. The third-order valence-electron chi connectivity index (χ3n) is 4.67. The lowest BCUT2D eigenvalue weighted by Crippen LogP contribution is -2.33. The summed E-state index contributed by atoms with van der Waals surface area (Å²) in [4.78, 5) is 22.9. The Hall–Kier alpha value is -3.29. The number of methoxy groups -OCH3 is 1. The summed E-state index contributed by atoms with van der Waals surface area (Å²) in [6.07, 6.45) is 6.53. The third kappa shape index (κ3) is 3.64. The monoisotopic (exact) mass is 364 g/mol. The van der Waals surface area contributed by atoms with Gasteiger partial charge in [0.05, 0.1) is 7.11 Å². The zero-order valence-corrected chi connectivity index (χ0v) is 15.1. The lowest BCUT2D eigenvalue weighted by atomic mass is 10.2. The van der Waals surface area contributed by atoms with Gasteiger partial charge in [-0.25, -0.2) is 4.98 Å². The highest BCUT2D eigenvalue weighted by Gasteiger charge is 2.23. The van der Waals surface area contributed by atoms with Gasteiger partial charge in [0.25, 0.3) is 5.91 Å². The van der Waals surface area contributed by atoms with Crippen LogP contribution in [0.3, 0.4) is 0 Å². The van der Waals surface area contributed by atoms with Crippen molar-refractivity contribution in [1.29, 1.82) is 0 Å². The van der Waals surface area contributed by atoms with E-state index in [2.05, 4.69) is 24.7 Å². The van der Waals surface area contributed by atoms with Crippen LogP contribution in [-0.2, 0) is 19.4 Å². The van der Waals surface area contributed by atoms with Crippen molar-refractivity contribution in [3.05, 3.63) is 65.6 Å². The van der Waals surface area contributed by atoms with Crippen molar-refractivity contribution in [3.63, 3.8) is 0 Å². The Morgan fingerprint density at radius 2 is 2.11 bits per heavy atom. The number of hydrogen-bond acceptors (Lipinski definition) is 6. The molecule has 1 aliphatic heterocycles. The van der Waals surface area contributed by atoms with Crippen LogP contribution in [0.2, 0.25) is 0 Å². The summed E-state index contributed by atoms with van der Waals surface area (Å²) < 4.78 is 7.24. The molecule has 0 fully saturated rings. The fourth-order valence-corrected chi connectivity index (χ4v) is 3.24. The molecule has 3 aromatic rings. The van der Waals surface area contributed by atoms with Gasteiger partial charge in [-0.3, -0.25) is 9.78 Å². The summed E-state index contributed by atoms with van der Waals surface area (Å²) in [6, 6.07) is 7.32. The van der Waals surface area contributed by atoms with E-state index in [4.69, 9.17) is 4.74 Å². The summed E-state index contributed by atoms with van der Waals surface area (Å²) >= 11 is 0. The van der Waals surface area contributed by atoms with Crippen molar-refractivity contribution in [2.75, 3.05) is 20.2 Å². The van der Waals surface area contributed by atoms with Crippen LogP contribution in [0, 0.1) is 0 Å². The fourth-order valence-electron chi connectivity index (χ4n) is 3.24. The van der Waals surface area contributed by atoms with E-state index in [9.17, 15) is 4.79 Å². The minimum Gasteiger partial charge on any atom is -0.481 e. The number of amides is 1. The first-order valence-electron chi connectivity index (χ1n) is 8.84. The summed E-state index contributed by atoms with van der Waals surface area (Å²) in [5.41, 5.74) is 1.67. The van der Waals surface area contributed by atoms with Crippen molar-refractivity contribution in [3.8, 4) is 5.88 Å². The van der Waals surface area contributed by atoms with Crippen molar-refractivity contribution in [1.82, 2.24) is 29.6 Å². The highest BCUT2D eigenvalue weighted by atomic mass is 16.5. The molecule has 8 heteroatoms. The van der Waals surface area contributed by atoms with Gasteiger partial charge in [-0.05, 0) is 17.7 Å². The molecule has 0 aromatic carbocycles. The highest BCUT2D eigenvalue weighted by Crippen LogP contribution is 2.16. The maximum Gasteiger partial charge on any atom is 0.254 e. The van der Waals surface area contributed by atoms with E-state index in [0.717, 1.165) is 17.2 Å². The van der Waals surface area contributed by atoms with Crippen LogP contribution in [0.5, 0.6) is 5.88 Å². The Bertz CT molecular complexity index is 940. The van der Waals surface area contributed by atoms with Gasteiger partial charge >= 0.3 is 0 Å². The zero-order valence-electron chi connectivity index (χ0n) is 15.1. The second kappa shape index (κ2) is 7.53. The molecule has 8 nitrogen and oxygen atoms in total. The number of rotatable bonds is 4. The van der Waals surface area contributed by atoms with Crippen LogP contribution < -0.4 is 4.74 Å². The van der Waals surface area contributed by atoms with E-state index in [-0.39, 0.29) is 5.91 Å². The smallest absolute Gasteiger partial charge is 0.254 e. The minimum atomic E-state index is -0.0248. The topological polar surface area (TPSA) is 86.0 Å². The molecule has 0 saturated heterocycles. The van der Waals surface area contributed by atoms with Gasteiger partial charge in [-0.2, -0.15) is 0 Å². The molecule has 4 heterocycles. The molecule has 1 amide bonds. The normalized spacial score (nSPS) is 13.7. The number of carbonyl (C=O) groups excluding carboxylic acids is 1. The number of ether oxygens (including phenoxy) is 1. The molecule has 0 atom stereocenters. The van der Waals surface area contributed by atoms with Gasteiger partial charge in [0.2, 0.25) is 5.88 Å². The molecule has 0 aliphatic carbocycles. The first-order chi connectivity index (χ1) is 13.2. The van der Waals surface area contributed by atoms with E-state index in [1.165, 1.54) is 7.11 Å². The van der Waals surface area contributed by atoms with E-state index >= 15 is 0 Å². The molecule has 0 N–H and O–H groups in total. The Balaban J connectivity index is 1.49. The van der Waals surface area contributed by atoms with Gasteiger partial charge in [-0.15, -0.1) is 10.2 Å². The largest absolute Gasteiger partial charge is 0.481 e. The molecular formula is C19H20N6O2. The van der Waals surface area contributed by atoms with Crippen LogP contribution in [0.4, 0.5) is 0 Å². The maximum absolute atomic E-state index is 12.9. The van der Waals surface area contributed by atoms with Gasteiger partial charge in [0.15, 0.2) is 0 Å². The van der Waals surface area contributed by atoms with Crippen molar-refractivity contribution < 1.29 is 9.53 Å². The van der Waals surface area contributed by atoms with Crippen LogP contribution in [-0.4, -0.2) is 55.7 Å². The highest BCUT2D eigenvalue weighted by molar-refractivity contribution is 5.94. The van der Waals surface area contributed by atoms with Gasteiger partial charge < -0.3 is 14.2 Å². The standard InChI is InChI=1S/C19H20N6O2/c1-27-18-12-15(4-7-21-18)19(26)24-8-5-16-22-23-17(25(16)10-9-24)11-14-3-2-6-20-13-14/h2-4,6-7,12-13H,5,8-11H2,1H3. The van der Waals surface area contributed by atoms with Crippen molar-refractivity contribution in [2.24, 2.45) is 0 Å². The Labute approximate surface area is 156 Å². The number of aromatic nitrogens is 5. The van der Waals surface area contributed by atoms with E-state index in [1.807, 2.05) is 23.2 Å². The molecule has 1 aliphatic rings. The van der Waals surface area contributed by atoms with E-state index in [0.29, 0.717) is 43.9 Å². The van der Waals surface area contributed by atoms with Gasteiger partial charge in [0, 0.05) is 62.7 Å². The average Bonchev–Trinajstić information content (AvgIpc) is 2.96. The molecule has 27 heavy (non-hydrogen) atoms. The van der Waals surface area contributed by atoms with E-state index < -0.39 is 0 Å². The summed E-state index contributed by atoms with van der Waals surface area (Å²) in [5.74, 6) is 2.23. The summed E-state index contributed by atoms with van der Waals surface area (Å²) in [5, 5.41) is 8.67. The van der Waals surface area contributed by atoms with Gasteiger partial charge in [-0.1, -0.05) is 6.07 Å². The lowest BCUT2D eigenvalue weighted by Gasteiger charge is -2.20. The molecule has 0 spiro atoms. The van der Waals surface area contributed by atoms with Crippen LogP contribution in [0.15, 0.2) is 42.9 Å². The fraction of sp³-hybridized carbons (Fsp3) is 0.316. The molecule has 138 valence electrons. The summed E-state index contributed by atoms with van der Waals surface area (Å²) in [6.45, 7) is 1.88. The molecule has 0 radical (unpaired) electrons. The Morgan fingerprint density at radius 3 is 2.93 bits per heavy atom. The SMILES string of the molecule is COc1cc(C(=O)N2CCc3nnc(Cc4cccnc4)n3CC2)ccn1. The molecule has 4 rings (SSSR count). The number of fused-ring (bicyclic) bond motifs is 1. The number of carbonyl (C=O) groups is 1. The van der Waals surface area contributed by atoms with Crippen molar-refractivity contribution in [2.45, 2.75) is 19.4 Å². The molecule has 0 bridgehead atoms. The first-order valence-corrected chi connectivity index (χ1v) is 8.84. The first kappa shape index (κ1) is 17.1. The third-order valence-corrected chi connectivity index (χ3v) is 4.67. The molecule has 0 unspecified atom stereocenters. The van der Waals surface area contributed by atoms with Crippen molar-refractivity contribution >= 4 is 5.91 Å². The Morgan fingerprint density at radius 1 is 1.19 bits per heavy atom. The van der Waals surface area contributed by atoms with Crippen LogP contribution in [0.1, 0.15) is 27.6 Å². The van der Waals surface area contributed by atoms with Gasteiger partial charge in [0.1, 0.15) is 11.6 Å². The van der Waals surface area contributed by atoms with E-state index in [1.54, 1.807) is 24.5 Å². The molecular weight excluding hydrogens is 344 g/mol. The average molecular weight is 364 g/mol. The quantitative estimate of drug-likeness (QED) is 0.695. The number of hydrogen-bond donors (Lipinski definition) is 0. The number of pyridine rings is 2. The molecule has 3 aromatic heterocycles. The predicted molar refractivity (Wildman–Crippen MR) is 97.5 cm³/mol. The van der Waals surface area contributed by atoms with Crippen LogP contribution in [0.25, 0.3) is 0 Å². The number of nitrogens with zero attached hydrogens (tertiary/aromatic N) is 6. The second-order valence-electron chi connectivity index (χ2n) is 6.35. The predicted octanol–water partition coefficient (Wildman–Crippen LogP) is 1.37. The van der Waals surface area contributed by atoms with Crippen LogP contribution >= 0.6 is 0 Å². The summed E-state index contributed by atoms with van der Waals surface area (Å²) in [7, 11) is 1.54. The maximum atomic E-state index is 12.9. The lowest BCUT2D eigenvalue weighted by molar-refractivity contribution is 0.0758. The second-order valence-corrected chi connectivity index (χ2v) is 6.35. The molecule has 0 saturated carbocycles. The zero-order chi connectivity index (χ0) is 18.6.